The van der Waals surface area contributed by atoms with Crippen molar-refractivity contribution in [2.75, 3.05) is 5.75 Å². The van der Waals surface area contributed by atoms with E-state index < -0.39 is 0 Å². The number of fused-ring (bicyclic) bond motifs is 3. The van der Waals surface area contributed by atoms with Gasteiger partial charge in [-0.15, -0.1) is 10.2 Å². The van der Waals surface area contributed by atoms with Crippen LogP contribution in [0.1, 0.15) is 47.0 Å². The number of hydrogen-bond donors (Lipinski definition) is 1. The van der Waals surface area contributed by atoms with Gasteiger partial charge in [-0.05, 0) is 59.1 Å². The number of nitrogens with zero attached hydrogens (tertiary/aromatic N) is 5. The predicted molar refractivity (Wildman–Crippen MR) is 122 cm³/mol. The number of aromatic nitrogens is 4. The second-order valence-corrected chi connectivity index (χ2v) is 9.58. The Morgan fingerprint density at radius 1 is 1.13 bits per heavy atom. The number of piperidine rings is 1. The molecule has 2 atom stereocenters. The number of rotatable bonds is 6. The molecule has 1 aliphatic heterocycles. The topological polar surface area (TPSA) is 84.5 Å². The Morgan fingerprint density at radius 2 is 1.81 bits per heavy atom. The van der Waals surface area contributed by atoms with Gasteiger partial charge >= 0.3 is 0 Å². The molecular formula is C22H30N6O2S. The highest BCUT2D eigenvalue weighted by atomic mass is 32.2. The summed E-state index contributed by atoms with van der Waals surface area (Å²) >= 11 is 1.35. The van der Waals surface area contributed by atoms with E-state index in [0.29, 0.717) is 10.9 Å². The SMILES string of the molecule is CC(C)NC(=O)CSc1nnc2n(CC(=O)N3[C@@H](C)CCC[C@@H]3C)c3ccccc3n12. The minimum absolute atomic E-state index is 0.0382. The van der Waals surface area contributed by atoms with Crippen LogP contribution in [0.5, 0.6) is 0 Å². The molecule has 8 nitrogen and oxygen atoms in total. The standard InChI is InChI=1S/C22H30N6O2S/c1-14(2)23-19(29)13-31-22-25-24-21-26(17-10-5-6-11-18(17)28(21)22)12-20(30)27-15(3)8-7-9-16(27)4/h5-6,10-11,14-16H,7-9,12-13H2,1-4H3,(H,23,29)/t15-,16-/m0/s1. The molecule has 9 heteroatoms. The molecular weight excluding hydrogens is 412 g/mol. The molecule has 3 aromatic rings. The van der Waals surface area contributed by atoms with Crippen LogP contribution >= 0.6 is 11.8 Å². The molecule has 0 bridgehead atoms. The predicted octanol–water partition coefficient (Wildman–Crippen LogP) is 3.09. The fraction of sp³-hybridized carbons (Fsp3) is 0.545. The number of amides is 2. The van der Waals surface area contributed by atoms with Gasteiger partial charge in [0.15, 0.2) is 5.16 Å². The maximum atomic E-state index is 13.3. The lowest BCUT2D eigenvalue weighted by atomic mass is 9.97. The molecule has 0 saturated carbocycles. The van der Waals surface area contributed by atoms with E-state index in [9.17, 15) is 9.59 Å². The first-order valence-electron chi connectivity index (χ1n) is 10.9. The molecule has 0 spiro atoms. The fourth-order valence-corrected chi connectivity index (χ4v) is 5.26. The summed E-state index contributed by atoms with van der Waals surface area (Å²) in [7, 11) is 0. The largest absolute Gasteiger partial charge is 0.353 e. The molecule has 1 aliphatic rings. The number of imidazole rings is 1. The quantitative estimate of drug-likeness (QED) is 0.593. The Kier molecular flexibility index (Phi) is 6.22. The third-order valence-electron chi connectivity index (χ3n) is 5.83. The van der Waals surface area contributed by atoms with Crippen molar-refractivity contribution < 1.29 is 9.59 Å². The zero-order valence-electron chi connectivity index (χ0n) is 18.5. The number of carbonyl (C=O) groups is 2. The highest BCUT2D eigenvalue weighted by Gasteiger charge is 2.30. The number of hydrogen-bond acceptors (Lipinski definition) is 5. The molecule has 166 valence electrons. The van der Waals surface area contributed by atoms with E-state index in [4.69, 9.17) is 0 Å². The Balaban J connectivity index is 1.65. The summed E-state index contributed by atoms with van der Waals surface area (Å²) in [6.45, 7) is 8.36. The molecule has 3 heterocycles. The van der Waals surface area contributed by atoms with E-state index in [0.717, 1.165) is 30.3 Å². The van der Waals surface area contributed by atoms with Crippen LogP contribution in [0.2, 0.25) is 0 Å². The van der Waals surface area contributed by atoms with Crippen LogP contribution in [0.25, 0.3) is 16.8 Å². The molecule has 2 aromatic heterocycles. The number of thioether (sulfide) groups is 1. The molecule has 4 rings (SSSR count). The lowest BCUT2D eigenvalue weighted by Gasteiger charge is -2.39. The normalized spacial score (nSPS) is 19.5. The number of likely N-dealkylation sites (tertiary alicyclic amines) is 1. The molecule has 0 unspecified atom stereocenters. The Bertz CT molecular complexity index is 1090. The summed E-state index contributed by atoms with van der Waals surface area (Å²) in [6.07, 6.45) is 3.25. The lowest BCUT2D eigenvalue weighted by molar-refractivity contribution is -0.137. The lowest BCUT2D eigenvalue weighted by Crippen LogP contribution is -2.48. The van der Waals surface area contributed by atoms with E-state index in [1.807, 2.05) is 52.0 Å². The average molecular weight is 443 g/mol. The molecule has 1 N–H and O–H groups in total. The summed E-state index contributed by atoms with van der Waals surface area (Å²) in [5.41, 5.74) is 1.87. The third-order valence-corrected chi connectivity index (χ3v) is 6.76. The van der Waals surface area contributed by atoms with Gasteiger partial charge in [0.2, 0.25) is 17.6 Å². The van der Waals surface area contributed by atoms with Crippen LogP contribution in [0.15, 0.2) is 29.4 Å². The average Bonchev–Trinajstić information content (AvgIpc) is 3.25. The second-order valence-electron chi connectivity index (χ2n) is 8.63. The van der Waals surface area contributed by atoms with E-state index in [1.165, 1.54) is 11.8 Å². The number of carbonyl (C=O) groups excluding carboxylic acids is 2. The summed E-state index contributed by atoms with van der Waals surface area (Å²) in [4.78, 5) is 27.4. The molecule has 0 radical (unpaired) electrons. The smallest absolute Gasteiger partial charge is 0.243 e. The summed E-state index contributed by atoms with van der Waals surface area (Å²) in [6, 6.07) is 8.51. The second kappa shape index (κ2) is 8.90. The fourth-order valence-electron chi connectivity index (χ4n) is 4.51. The van der Waals surface area contributed by atoms with Crippen LogP contribution in [0.3, 0.4) is 0 Å². The summed E-state index contributed by atoms with van der Waals surface area (Å²) < 4.78 is 3.88. The minimum Gasteiger partial charge on any atom is -0.353 e. The van der Waals surface area contributed by atoms with Crippen molar-refractivity contribution in [3.05, 3.63) is 24.3 Å². The van der Waals surface area contributed by atoms with Crippen molar-refractivity contribution in [2.24, 2.45) is 0 Å². The zero-order valence-corrected chi connectivity index (χ0v) is 19.4. The molecule has 1 fully saturated rings. The van der Waals surface area contributed by atoms with Crippen LogP contribution in [-0.2, 0) is 16.1 Å². The van der Waals surface area contributed by atoms with E-state index in [-0.39, 0.29) is 42.2 Å². The Morgan fingerprint density at radius 3 is 2.48 bits per heavy atom. The molecule has 2 amide bonds. The number of benzene rings is 1. The summed E-state index contributed by atoms with van der Waals surface area (Å²) in [5, 5.41) is 12.2. The van der Waals surface area contributed by atoms with Crippen molar-refractivity contribution in [1.29, 1.82) is 0 Å². The number of nitrogens with one attached hydrogen (secondary N) is 1. The van der Waals surface area contributed by atoms with E-state index >= 15 is 0 Å². The monoisotopic (exact) mass is 442 g/mol. The van der Waals surface area contributed by atoms with Crippen molar-refractivity contribution in [1.82, 2.24) is 29.4 Å². The Hall–Kier alpha value is -2.55. The van der Waals surface area contributed by atoms with Gasteiger partial charge in [0, 0.05) is 18.1 Å². The van der Waals surface area contributed by atoms with Gasteiger partial charge in [0.05, 0.1) is 16.8 Å². The first-order valence-corrected chi connectivity index (χ1v) is 11.9. The van der Waals surface area contributed by atoms with Gasteiger partial charge < -0.3 is 10.2 Å². The number of para-hydroxylation sites is 2. The van der Waals surface area contributed by atoms with Crippen molar-refractivity contribution >= 4 is 40.4 Å². The van der Waals surface area contributed by atoms with Crippen molar-refractivity contribution in [3.63, 3.8) is 0 Å². The maximum Gasteiger partial charge on any atom is 0.243 e. The van der Waals surface area contributed by atoms with Gasteiger partial charge in [-0.1, -0.05) is 23.9 Å². The Labute approximate surface area is 186 Å². The summed E-state index contributed by atoms with van der Waals surface area (Å²) in [5.74, 6) is 0.957. The molecule has 0 aliphatic carbocycles. The van der Waals surface area contributed by atoms with Crippen LogP contribution in [0, 0.1) is 0 Å². The highest BCUT2D eigenvalue weighted by Crippen LogP contribution is 2.27. The first kappa shape index (κ1) is 21.7. The van der Waals surface area contributed by atoms with Crippen molar-refractivity contribution in [2.45, 2.75) is 76.8 Å². The van der Waals surface area contributed by atoms with Gasteiger partial charge in [0.25, 0.3) is 0 Å². The van der Waals surface area contributed by atoms with Gasteiger partial charge in [-0.2, -0.15) is 0 Å². The van der Waals surface area contributed by atoms with Crippen molar-refractivity contribution in [3.8, 4) is 0 Å². The minimum atomic E-state index is -0.0382. The van der Waals surface area contributed by atoms with E-state index in [1.54, 1.807) is 0 Å². The van der Waals surface area contributed by atoms with Crippen LogP contribution in [0.4, 0.5) is 0 Å². The first-order chi connectivity index (χ1) is 14.9. The van der Waals surface area contributed by atoms with Crippen LogP contribution < -0.4 is 5.32 Å². The maximum absolute atomic E-state index is 13.3. The molecule has 1 aromatic carbocycles. The van der Waals surface area contributed by atoms with Gasteiger partial charge in [-0.25, -0.2) is 0 Å². The van der Waals surface area contributed by atoms with Crippen LogP contribution in [-0.4, -0.2) is 59.8 Å². The van der Waals surface area contributed by atoms with Gasteiger partial charge in [-0.3, -0.25) is 18.6 Å². The third kappa shape index (κ3) is 4.28. The molecule has 31 heavy (non-hydrogen) atoms. The molecule has 1 saturated heterocycles. The zero-order chi connectivity index (χ0) is 22.1. The van der Waals surface area contributed by atoms with Gasteiger partial charge in [0.1, 0.15) is 6.54 Å². The van der Waals surface area contributed by atoms with E-state index in [2.05, 4.69) is 29.4 Å². The highest BCUT2D eigenvalue weighted by molar-refractivity contribution is 7.99.